The van der Waals surface area contributed by atoms with Gasteiger partial charge in [0, 0.05) is 22.0 Å². The maximum absolute atomic E-state index is 10.6. The van der Waals surface area contributed by atoms with Crippen LogP contribution in [0, 0.1) is 0 Å². The van der Waals surface area contributed by atoms with Gasteiger partial charge in [0.1, 0.15) is 30.2 Å². The van der Waals surface area contributed by atoms with Gasteiger partial charge in [-0.3, -0.25) is 4.57 Å². The minimum atomic E-state index is -1.73. The van der Waals surface area contributed by atoms with E-state index in [1.807, 2.05) is 0 Å². The van der Waals surface area contributed by atoms with E-state index < -0.39 is 33.1 Å². The lowest BCUT2D eigenvalue weighted by molar-refractivity contribution is -0.0529. The molecular weight excluding hydrogens is 496 g/mol. The van der Waals surface area contributed by atoms with Crippen LogP contribution in [0.5, 0.6) is 0 Å². The molecule has 0 amide bonds. The van der Waals surface area contributed by atoms with Gasteiger partial charge in [-0.2, -0.15) is 0 Å². The van der Waals surface area contributed by atoms with Gasteiger partial charge in [-0.15, -0.1) is 0 Å². The van der Waals surface area contributed by atoms with Crippen molar-refractivity contribution in [2.45, 2.75) is 37.1 Å². The number of aliphatic hydroxyl groups excluding tert-OH is 2. The molecule has 0 spiro atoms. The summed E-state index contributed by atoms with van der Waals surface area (Å²) in [5.74, 6) is 0.204. The van der Waals surface area contributed by atoms with Crippen LogP contribution in [-0.4, -0.2) is 61.3 Å². The fourth-order valence-corrected chi connectivity index (χ4v) is 5.32. The number of halogens is 2. The van der Waals surface area contributed by atoms with Crippen LogP contribution in [0.2, 0.25) is 10.0 Å². The summed E-state index contributed by atoms with van der Waals surface area (Å²) in [4.78, 5) is 12.2. The number of fused-ring (bicyclic) bond motifs is 1. The highest BCUT2D eigenvalue weighted by Gasteiger charge is 2.45. The lowest BCUT2D eigenvalue weighted by Gasteiger charge is -2.29. The Hall–Kier alpha value is -1.66. The molecule has 1 aromatic carbocycles. The molecular formula is C19H20Cl2N5O6P. The van der Waals surface area contributed by atoms with Crippen molar-refractivity contribution < 1.29 is 28.5 Å². The van der Waals surface area contributed by atoms with Gasteiger partial charge in [0.25, 0.3) is 0 Å². The fraction of sp³-hybridized carbons (Fsp3) is 0.421. The summed E-state index contributed by atoms with van der Waals surface area (Å²) >= 11 is 12.4. The number of hydrogen-bond acceptors (Lipinski definition) is 10. The lowest BCUT2D eigenvalue weighted by atomic mass is 10.1. The van der Waals surface area contributed by atoms with Crippen molar-refractivity contribution in [3.05, 3.63) is 46.5 Å². The zero-order chi connectivity index (χ0) is 23.1. The number of ether oxygens (including phenoxy) is 1. The fourth-order valence-electron chi connectivity index (χ4n) is 3.75. The monoisotopic (exact) mass is 515 g/mol. The third-order valence-electron chi connectivity index (χ3n) is 5.44. The van der Waals surface area contributed by atoms with Crippen LogP contribution < -0.4 is 5.73 Å². The van der Waals surface area contributed by atoms with Crippen molar-refractivity contribution in [3.8, 4) is 0 Å². The molecule has 3 aromatic rings. The smallest absolute Gasteiger partial charge is 0.333 e. The SMILES string of the molecule is Nc1ncnc2c1ncn2[C@@H]1O[C@H](CO[P@@]2OCC[C@H](c3cc(Cl)ccc3Cl)O2)[C@@H](O)[C@H]1O. The summed E-state index contributed by atoms with van der Waals surface area (Å²) in [6.45, 7) is 0.334. The first-order chi connectivity index (χ1) is 15.9. The molecule has 0 aliphatic carbocycles. The maximum Gasteiger partial charge on any atom is 0.333 e. The molecule has 2 aliphatic heterocycles. The molecule has 176 valence electrons. The Labute approximate surface area is 199 Å². The second-order valence-electron chi connectivity index (χ2n) is 7.53. The summed E-state index contributed by atoms with van der Waals surface area (Å²) in [7, 11) is -1.73. The van der Waals surface area contributed by atoms with Gasteiger partial charge in [0.2, 0.25) is 0 Å². The minimum Gasteiger partial charge on any atom is -0.387 e. The third kappa shape index (κ3) is 4.53. The molecule has 0 saturated carbocycles. The average Bonchev–Trinajstić information content (AvgIpc) is 3.36. The number of imidazole rings is 1. The van der Waals surface area contributed by atoms with Crippen LogP contribution in [0.3, 0.4) is 0 Å². The number of rotatable bonds is 5. The average molecular weight is 516 g/mol. The first kappa shape index (κ1) is 23.1. The van der Waals surface area contributed by atoms with E-state index in [0.29, 0.717) is 34.2 Å². The Balaban J connectivity index is 1.24. The van der Waals surface area contributed by atoms with Gasteiger partial charge in [0.05, 0.1) is 25.6 Å². The number of aliphatic hydroxyl groups is 2. The van der Waals surface area contributed by atoms with Gasteiger partial charge >= 0.3 is 8.60 Å². The van der Waals surface area contributed by atoms with E-state index in [1.54, 1.807) is 18.2 Å². The largest absolute Gasteiger partial charge is 0.387 e. The van der Waals surface area contributed by atoms with Gasteiger partial charge in [-0.1, -0.05) is 23.2 Å². The van der Waals surface area contributed by atoms with E-state index in [2.05, 4.69) is 15.0 Å². The highest BCUT2D eigenvalue weighted by atomic mass is 35.5. The van der Waals surface area contributed by atoms with E-state index in [-0.39, 0.29) is 18.5 Å². The Morgan fingerprint density at radius 2 is 2.06 bits per heavy atom. The Kier molecular flexibility index (Phi) is 6.67. The van der Waals surface area contributed by atoms with Gasteiger partial charge in [-0.05, 0) is 18.2 Å². The predicted molar refractivity (Wildman–Crippen MR) is 119 cm³/mol. The Morgan fingerprint density at radius 3 is 2.91 bits per heavy atom. The number of anilines is 1. The van der Waals surface area contributed by atoms with Crippen LogP contribution in [0.4, 0.5) is 5.82 Å². The van der Waals surface area contributed by atoms with Gasteiger partial charge in [0.15, 0.2) is 17.7 Å². The van der Waals surface area contributed by atoms with Crippen molar-refractivity contribution in [1.29, 1.82) is 0 Å². The van der Waals surface area contributed by atoms with E-state index >= 15 is 0 Å². The summed E-state index contributed by atoms with van der Waals surface area (Å²) in [6.07, 6.45) is -1.28. The topological polar surface area (TPSA) is 147 Å². The standard InChI is InChI=1S/C19H20Cl2N5O6P/c20-9-1-2-11(21)10(5-9)12-3-4-29-33(32-12)30-6-13-15(27)16(28)19(31-13)26-8-25-14-17(22)23-7-24-18(14)26/h1-2,5,7-8,12-13,15-16,19,27-28H,3-4,6H2,(H2,22,23,24)/t12-,13-,15-,16-,19-,33-/m1/s1. The molecule has 2 saturated heterocycles. The number of nitrogens with zero attached hydrogens (tertiary/aromatic N) is 4. The maximum atomic E-state index is 10.6. The molecule has 33 heavy (non-hydrogen) atoms. The van der Waals surface area contributed by atoms with Crippen molar-refractivity contribution in [1.82, 2.24) is 19.5 Å². The van der Waals surface area contributed by atoms with Crippen LogP contribution in [0.15, 0.2) is 30.9 Å². The predicted octanol–water partition coefficient (Wildman–Crippen LogP) is 2.76. The second kappa shape index (κ2) is 9.53. The summed E-state index contributed by atoms with van der Waals surface area (Å²) in [5.41, 5.74) is 7.33. The summed E-state index contributed by atoms with van der Waals surface area (Å²) in [6, 6.07) is 5.17. The zero-order valence-electron chi connectivity index (χ0n) is 17.0. The third-order valence-corrected chi connectivity index (χ3v) is 7.20. The minimum absolute atomic E-state index is 0.0693. The van der Waals surface area contributed by atoms with Crippen molar-refractivity contribution in [2.75, 3.05) is 18.9 Å². The molecule has 6 atom stereocenters. The zero-order valence-corrected chi connectivity index (χ0v) is 19.4. The van der Waals surface area contributed by atoms with Crippen molar-refractivity contribution >= 4 is 48.8 Å². The van der Waals surface area contributed by atoms with Crippen LogP contribution >= 0.6 is 31.8 Å². The highest BCUT2D eigenvalue weighted by molar-refractivity contribution is 7.41. The quantitative estimate of drug-likeness (QED) is 0.433. The van der Waals surface area contributed by atoms with Crippen molar-refractivity contribution in [3.63, 3.8) is 0 Å². The first-order valence-electron chi connectivity index (χ1n) is 10.0. The molecule has 2 fully saturated rings. The van der Waals surface area contributed by atoms with Crippen LogP contribution in [-0.2, 0) is 18.3 Å². The molecule has 2 aromatic heterocycles. The number of aromatic nitrogens is 4. The Morgan fingerprint density at radius 1 is 1.21 bits per heavy atom. The lowest BCUT2D eigenvalue weighted by Crippen LogP contribution is -2.33. The molecule has 5 rings (SSSR count). The normalized spacial score (nSPS) is 30.2. The molecule has 4 heterocycles. The summed E-state index contributed by atoms with van der Waals surface area (Å²) < 4.78 is 24.6. The number of benzene rings is 1. The van der Waals surface area contributed by atoms with E-state index in [4.69, 9.17) is 47.2 Å². The summed E-state index contributed by atoms with van der Waals surface area (Å²) in [5, 5.41) is 22.2. The molecule has 0 bridgehead atoms. The van der Waals surface area contributed by atoms with Crippen molar-refractivity contribution in [2.24, 2.45) is 0 Å². The molecule has 4 N–H and O–H groups in total. The highest BCUT2D eigenvalue weighted by Crippen LogP contribution is 2.51. The molecule has 11 nitrogen and oxygen atoms in total. The number of nitrogen functional groups attached to an aromatic ring is 1. The number of nitrogens with two attached hydrogens (primary N) is 1. The first-order valence-corrected chi connectivity index (χ1v) is 11.9. The van der Waals surface area contributed by atoms with Crippen LogP contribution in [0.25, 0.3) is 11.2 Å². The Bertz CT molecular complexity index is 1160. The van der Waals surface area contributed by atoms with E-state index in [1.165, 1.54) is 17.2 Å². The second-order valence-corrected chi connectivity index (χ2v) is 9.55. The van der Waals surface area contributed by atoms with E-state index in [0.717, 1.165) is 5.56 Å². The van der Waals surface area contributed by atoms with Gasteiger partial charge in [-0.25, -0.2) is 15.0 Å². The van der Waals surface area contributed by atoms with Gasteiger partial charge < -0.3 is 34.3 Å². The molecule has 2 aliphatic rings. The number of hydrogen-bond donors (Lipinski definition) is 3. The van der Waals surface area contributed by atoms with E-state index in [9.17, 15) is 10.2 Å². The molecule has 0 radical (unpaired) electrons. The molecule has 14 heteroatoms. The van der Waals surface area contributed by atoms with Crippen LogP contribution in [0.1, 0.15) is 24.3 Å². The molecule has 0 unspecified atom stereocenters.